The summed E-state index contributed by atoms with van der Waals surface area (Å²) >= 11 is 3.43. The molecule has 0 saturated carbocycles. The van der Waals surface area contributed by atoms with Crippen molar-refractivity contribution < 1.29 is 14.7 Å². The van der Waals surface area contributed by atoms with E-state index in [0.717, 1.165) is 10.0 Å². The zero-order valence-electron chi connectivity index (χ0n) is 23.5. The van der Waals surface area contributed by atoms with Crippen molar-refractivity contribution in [3.05, 3.63) is 99.1 Å². The first kappa shape index (κ1) is 28.4. The molecule has 4 heterocycles. The first-order valence-electron chi connectivity index (χ1n) is 14.3. The summed E-state index contributed by atoms with van der Waals surface area (Å²) in [4.78, 5) is 48.4. The summed E-state index contributed by atoms with van der Waals surface area (Å²) in [5, 5.41) is 11.9. The number of amides is 2. The van der Waals surface area contributed by atoms with Crippen LogP contribution in [0.1, 0.15) is 41.1 Å². The van der Waals surface area contributed by atoms with Crippen molar-refractivity contribution in [2.45, 2.75) is 37.3 Å². The molecule has 0 radical (unpaired) electrons. The van der Waals surface area contributed by atoms with Crippen molar-refractivity contribution in [2.75, 3.05) is 26.2 Å². The number of likely N-dealkylation sites (tertiary alicyclic amines) is 2. The van der Waals surface area contributed by atoms with Gasteiger partial charge in [-0.25, -0.2) is 4.98 Å². The first-order chi connectivity index (χ1) is 20.2. The minimum absolute atomic E-state index is 0.0317. The smallest absolute Gasteiger partial charge is 0.262 e. The Morgan fingerprint density at radius 3 is 2.43 bits per heavy atom. The Morgan fingerprint density at radius 2 is 1.71 bits per heavy atom. The zero-order valence-corrected chi connectivity index (χ0v) is 25.1. The number of piperidine rings is 2. The van der Waals surface area contributed by atoms with Crippen molar-refractivity contribution in [3.8, 4) is 0 Å². The van der Waals surface area contributed by atoms with Gasteiger partial charge in [-0.1, -0.05) is 46.3 Å². The number of hydrogen-bond acceptors (Lipinski definition) is 5. The number of aliphatic hydroxyl groups is 1. The predicted molar refractivity (Wildman–Crippen MR) is 163 cm³/mol. The third-order valence-corrected chi connectivity index (χ3v) is 9.39. The number of aromatic nitrogens is 3. The van der Waals surface area contributed by atoms with E-state index in [2.05, 4.69) is 20.9 Å². The molecule has 1 N–H and O–H groups in total. The van der Waals surface area contributed by atoms with Crippen molar-refractivity contribution in [2.24, 2.45) is 13.0 Å². The van der Waals surface area contributed by atoms with E-state index >= 15 is 0 Å². The Balaban J connectivity index is 1.15. The van der Waals surface area contributed by atoms with Gasteiger partial charge in [0.25, 0.3) is 11.5 Å². The molecule has 0 spiro atoms. The number of carbonyl (C=O) groups excluding carboxylic acids is 2. The molecular formula is C32H34BrN5O4. The number of halogens is 1. The van der Waals surface area contributed by atoms with Crippen LogP contribution >= 0.6 is 15.9 Å². The summed E-state index contributed by atoms with van der Waals surface area (Å²) < 4.78 is 4.19. The van der Waals surface area contributed by atoms with E-state index in [1.54, 1.807) is 16.8 Å². The van der Waals surface area contributed by atoms with Gasteiger partial charge in [-0.2, -0.15) is 0 Å². The second-order valence-corrected chi connectivity index (χ2v) is 12.5. The maximum Gasteiger partial charge on any atom is 0.262 e. The Bertz CT molecular complexity index is 1660. The molecule has 0 unspecified atom stereocenters. The van der Waals surface area contributed by atoms with Gasteiger partial charge < -0.3 is 19.5 Å². The van der Waals surface area contributed by atoms with Crippen molar-refractivity contribution in [1.29, 1.82) is 0 Å². The SMILES string of the molecule is Cn1ccc2c(=O)n(CC3(O)CCN(C(=O)[C@@H]4CCN(C(=O)c5ccc(Br)cc5)C[C@H]4c4ccccc4)CC3)cnc21. The number of nitrogens with zero attached hydrogens (tertiary/aromatic N) is 5. The lowest BCUT2D eigenvalue weighted by Crippen LogP contribution is -2.53. The molecule has 2 atom stereocenters. The predicted octanol–water partition coefficient (Wildman–Crippen LogP) is 3.80. The minimum atomic E-state index is -1.11. The van der Waals surface area contributed by atoms with Crippen LogP contribution < -0.4 is 5.56 Å². The second kappa shape index (κ2) is 11.5. The number of benzene rings is 2. The normalized spacial score (nSPS) is 20.5. The van der Waals surface area contributed by atoms with Gasteiger partial charge in [0.2, 0.25) is 5.91 Å². The van der Waals surface area contributed by atoms with Crippen molar-refractivity contribution in [1.82, 2.24) is 23.9 Å². The van der Waals surface area contributed by atoms with Gasteiger partial charge in [0.05, 0.1) is 17.5 Å². The average molecular weight is 633 g/mol. The number of aryl methyl sites for hydroxylation is 1. The highest BCUT2D eigenvalue weighted by Crippen LogP contribution is 2.36. The molecule has 2 aliphatic heterocycles. The lowest BCUT2D eigenvalue weighted by Gasteiger charge is -2.43. The number of carbonyl (C=O) groups is 2. The molecular weight excluding hydrogens is 598 g/mol. The lowest BCUT2D eigenvalue weighted by atomic mass is 9.79. The van der Waals surface area contributed by atoms with E-state index in [4.69, 9.17) is 0 Å². The highest BCUT2D eigenvalue weighted by molar-refractivity contribution is 9.10. The van der Waals surface area contributed by atoms with Crippen LogP contribution in [0.15, 0.2) is 82.5 Å². The fraction of sp³-hybridized carbons (Fsp3) is 0.375. The third kappa shape index (κ3) is 5.53. The van der Waals surface area contributed by atoms with E-state index in [1.807, 2.05) is 71.4 Å². The van der Waals surface area contributed by atoms with Crippen LogP contribution in [-0.4, -0.2) is 72.6 Å². The fourth-order valence-electron chi connectivity index (χ4n) is 6.39. The number of fused-ring (bicyclic) bond motifs is 1. The number of rotatable bonds is 5. The lowest BCUT2D eigenvalue weighted by molar-refractivity contribution is -0.142. The molecule has 2 aromatic heterocycles. The summed E-state index contributed by atoms with van der Waals surface area (Å²) in [6.07, 6.45) is 4.60. The van der Waals surface area contributed by atoms with Gasteiger partial charge in [-0.15, -0.1) is 0 Å². The van der Waals surface area contributed by atoms with Gasteiger partial charge in [0, 0.05) is 61.3 Å². The number of hydrogen-bond donors (Lipinski definition) is 1. The van der Waals surface area contributed by atoms with Gasteiger partial charge in [-0.05, 0) is 55.2 Å². The quantitative estimate of drug-likeness (QED) is 0.361. The Kier molecular flexibility index (Phi) is 7.76. The summed E-state index contributed by atoms with van der Waals surface area (Å²) in [6, 6.07) is 19.1. The van der Waals surface area contributed by atoms with Crippen LogP contribution in [0.4, 0.5) is 0 Å². The molecule has 2 amide bonds. The molecule has 9 nitrogen and oxygen atoms in total. The molecule has 0 bridgehead atoms. The molecule has 2 aliphatic rings. The van der Waals surface area contributed by atoms with Crippen LogP contribution in [0, 0.1) is 5.92 Å². The van der Waals surface area contributed by atoms with E-state index in [1.165, 1.54) is 10.9 Å². The Morgan fingerprint density at radius 1 is 1.00 bits per heavy atom. The minimum Gasteiger partial charge on any atom is -0.388 e. The molecule has 218 valence electrons. The fourth-order valence-corrected chi connectivity index (χ4v) is 6.66. The Hall–Kier alpha value is -3.76. The van der Waals surface area contributed by atoms with Crippen LogP contribution in [0.5, 0.6) is 0 Å². The van der Waals surface area contributed by atoms with Crippen LogP contribution in [0.2, 0.25) is 0 Å². The highest BCUT2D eigenvalue weighted by Gasteiger charge is 2.41. The van der Waals surface area contributed by atoms with Crippen LogP contribution in [-0.2, 0) is 18.4 Å². The topological polar surface area (TPSA) is 101 Å². The van der Waals surface area contributed by atoms with Gasteiger partial charge in [0.1, 0.15) is 12.0 Å². The molecule has 2 aromatic carbocycles. The van der Waals surface area contributed by atoms with Gasteiger partial charge in [0.15, 0.2) is 0 Å². The molecule has 6 rings (SSSR count). The summed E-state index contributed by atoms with van der Waals surface area (Å²) in [7, 11) is 1.84. The van der Waals surface area contributed by atoms with Gasteiger partial charge >= 0.3 is 0 Å². The molecule has 2 saturated heterocycles. The van der Waals surface area contributed by atoms with Crippen LogP contribution in [0.3, 0.4) is 0 Å². The average Bonchev–Trinajstić information content (AvgIpc) is 3.39. The Labute approximate surface area is 252 Å². The van der Waals surface area contributed by atoms with E-state index in [0.29, 0.717) is 62.0 Å². The molecule has 4 aromatic rings. The van der Waals surface area contributed by atoms with Gasteiger partial charge in [-0.3, -0.25) is 19.0 Å². The molecule has 2 fully saturated rings. The second-order valence-electron chi connectivity index (χ2n) is 11.6. The van der Waals surface area contributed by atoms with E-state index in [-0.39, 0.29) is 35.8 Å². The monoisotopic (exact) mass is 631 g/mol. The highest BCUT2D eigenvalue weighted by atomic mass is 79.9. The maximum atomic E-state index is 14.0. The van der Waals surface area contributed by atoms with Crippen molar-refractivity contribution >= 4 is 38.8 Å². The van der Waals surface area contributed by atoms with Crippen molar-refractivity contribution in [3.63, 3.8) is 0 Å². The zero-order chi connectivity index (χ0) is 29.4. The molecule has 0 aliphatic carbocycles. The van der Waals surface area contributed by atoms with E-state index in [9.17, 15) is 19.5 Å². The standard InChI is InChI=1S/C32H34BrN5O4/c1-35-15-11-26-28(35)34-21-38(31(26)41)20-32(42)13-17-36(18-14-32)30(40)25-12-16-37(19-27(25)22-5-3-2-4-6-22)29(39)23-7-9-24(33)10-8-23/h2-11,15,21,25,27,42H,12-14,16-20H2,1H3/t25-,27+/m1/s1. The van der Waals surface area contributed by atoms with E-state index < -0.39 is 5.60 Å². The third-order valence-electron chi connectivity index (χ3n) is 8.86. The molecule has 42 heavy (non-hydrogen) atoms. The van der Waals surface area contributed by atoms with Crippen LogP contribution in [0.25, 0.3) is 11.0 Å². The molecule has 10 heteroatoms. The largest absolute Gasteiger partial charge is 0.388 e. The first-order valence-corrected chi connectivity index (χ1v) is 15.1. The summed E-state index contributed by atoms with van der Waals surface area (Å²) in [5.74, 6) is -0.364. The summed E-state index contributed by atoms with van der Waals surface area (Å²) in [5.41, 5.74) is 1.000. The summed E-state index contributed by atoms with van der Waals surface area (Å²) in [6.45, 7) is 1.92. The maximum absolute atomic E-state index is 14.0.